The average molecular weight is 207 g/mol. The zero-order chi connectivity index (χ0) is 11.4. The molecule has 1 atom stereocenters. The van der Waals surface area contributed by atoms with Gasteiger partial charge in [0.15, 0.2) is 0 Å². The van der Waals surface area contributed by atoms with Crippen molar-refractivity contribution in [2.24, 2.45) is 0 Å². The quantitative estimate of drug-likeness (QED) is 0.350. The fourth-order valence-electron chi connectivity index (χ4n) is 1.09. The number of non-ortho nitro benzene ring substituents is 1. The monoisotopic (exact) mass is 207 g/mol. The SMILES string of the molecule is C=C(C=O)C(O)c1cccc([N+](=O)[O-])c1. The van der Waals surface area contributed by atoms with Crippen LogP contribution in [0.4, 0.5) is 5.69 Å². The van der Waals surface area contributed by atoms with Gasteiger partial charge in [0.05, 0.1) is 4.92 Å². The molecule has 0 saturated heterocycles. The zero-order valence-corrected chi connectivity index (χ0v) is 7.79. The molecule has 0 radical (unpaired) electrons. The van der Waals surface area contributed by atoms with Gasteiger partial charge in [-0.05, 0) is 5.56 Å². The Morgan fingerprint density at radius 3 is 2.80 bits per heavy atom. The predicted octanol–water partition coefficient (Wildman–Crippen LogP) is 1.38. The highest BCUT2D eigenvalue weighted by atomic mass is 16.6. The molecule has 1 N–H and O–H groups in total. The van der Waals surface area contributed by atoms with Gasteiger partial charge in [0.2, 0.25) is 0 Å². The van der Waals surface area contributed by atoms with Crippen LogP contribution < -0.4 is 0 Å². The Labute approximate surface area is 85.8 Å². The number of aliphatic hydroxyl groups excluding tert-OH is 1. The smallest absolute Gasteiger partial charge is 0.269 e. The van der Waals surface area contributed by atoms with E-state index in [1.54, 1.807) is 0 Å². The first-order chi connectivity index (χ1) is 7.06. The molecule has 78 valence electrons. The van der Waals surface area contributed by atoms with E-state index in [-0.39, 0.29) is 16.8 Å². The third-order valence-corrected chi connectivity index (χ3v) is 1.90. The van der Waals surface area contributed by atoms with Crippen molar-refractivity contribution in [3.63, 3.8) is 0 Å². The van der Waals surface area contributed by atoms with E-state index in [0.29, 0.717) is 6.29 Å². The number of nitrogens with zero attached hydrogens (tertiary/aromatic N) is 1. The maximum atomic E-state index is 10.4. The Kier molecular flexibility index (Phi) is 3.30. The minimum atomic E-state index is -1.19. The van der Waals surface area contributed by atoms with E-state index in [2.05, 4.69) is 6.58 Å². The molecule has 0 heterocycles. The minimum absolute atomic E-state index is 0.0319. The second kappa shape index (κ2) is 4.47. The standard InChI is InChI=1S/C10H9NO4/c1-7(6-12)10(13)8-3-2-4-9(5-8)11(14)15/h2-6,10,13H,1H2. The van der Waals surface area contributed by atoms with Gasteiger partial charge in [-0.1, -0.05) is 18.7 Å². The van der Waals surface area contributed by atoms with E-state index in [4.69, 9.17) is 0 Å². The summed E-state index contributed by atoms with van der Waals surface area (Å²) >= 11 is 0. The van der Waals surface area contributed by atoms with Crippen LogP contribution in [0.3, 0.4) is 0 Å². The van der Waals surface area contributed by atoms with Crippen molar-refractivity contribution in [2.45, 2.75) is 6.10 Å². The van der Waals surface area contributed by atoms with Gasteiger partial charge in [-0.25, -0.2) is 0 Å². The number of nitro groups is 1. The van der Waals surface area contributed by atoms with Gasteiger partial charge in [-0.2, -0.15) is 0 Å². The molecule has 0 aliphatic carbocycles. The van der Waals surface area contributed by atoms with Crippen molar-refractivity contribution in [1.82, 2.24) is 0 Å². The predicted molar refractivity (Wildman–Crippen MR) is 53.3 cm³/mol. The molecule has 0 spiro atoms. The molecule has 5 nitrogen and oxygen atoms in total. The molecule has 5 heteroatoms. The summed E-state index contributed by atoms with van der Waals surface area (Å²) in [5, 5.41) is 20.0. The van der Waals surface area contributed by atoms with Crippen LogP contribution in [0.25, 0.3) is 0 Å². The normalized spacial score (nSPS) is 11.8. The van der Waals surface area contributed by atoms with Crippen LogP contribution in [0, 0.1) is 10.1 Å². The highest BCUT2D eigenvalue weighted by Crippen LogP contribution is 2.22. The van der Waals surface area contributed by atoms with Crippen molar-refractivity contribution in [3.05, 3.63) is 52.1 Å². The van der Waals surface area contributed by atoms with Gasteiger partial charge >= 0.3 is 0 Å². The minimum Gasteiger partial charge on any atom is -0.384 e. The van der Waals surface area contributed by atoms with Crippen LogP contribution in [0.15, 0.2) is 36.4 Å². The summed E-state index contributed by atoms with van der Waals surface area (Å²) < 4.78 is 0. The molecule has 0 bridgehead atoms. The Morgan fingerprint density at radius 1 is 1.60 bits per heavy atom. The molecule has 1 aromatic rings. The lowest BCUT2D eigenvalue weighted by Crippen LogP contribution is -2.02. The van der Waals surface area contributed by atoms with Gasteiger partial charge in [0.1, 0.15) is 12.4 Å². The van der Waals surface area contributed by atoms with Crippen molar-refractivity contribution >= 4 is 12.0 Å². The Hall–Kier alpha value is -2.01. The number of carbonyl (C=O) groups excluding carboxylic acids is 1. The largest absolute Gasteiger partial charge is 0.384 e. The fourth-order valence-corrected chi connectivity index (χ4v) is 1.09. The van der Waals surface area contributed by atoms with Crippen LogP contribution in [0.1, 0.15) is 11.7 Å². The molecule has 0 aromatic heterocycles. The summed E-state index contributed by atoms with van der Waals surface area (Å²) in [7, 11) is 0. The number of aldehydes is 1. The number of hydrogen-bond donors (Lipinski definition) is 1. The summed E-state index contributed by atoms with van der Waals surface area (Å²) in [5.74, 6) is 0. The number of hydrogen-bond acceptors (Lipinski definition) is 4. The van der Waals surface area contributed by atoms with E-state index in [9.17, 15) is 20.0 Å². The third kappa shape index (κ3) is 2.47. The van der Waals surface area contributed by atoms with Crippen LogP contribution in [0.5, 0.6) is 0 Å². The van der Waals surface area contributed by atoms with Gasteiger partial charge in [-0.3, -0.25) is 14.9 Å². The second-order valence-corrected chi connectivity index (χ2v) is 2.95. The molecule has 0 fully saturated rings. The average Bonchev–Trinajstić information content (AvgIpc) is 2.27. The Bertz CT molecular complexity index is 414. The van der Waals surface area contributed by atoms with Crippen LogP contribution in [-0.4, -0.2) is 16.3 Å². The molecular formula is C10H9NO4. The molecule has 1 aromatic carbocycles. The highest BCUT2D eigenvalue weighted by molar-refractivity contribution is 5.74. The molecule has 1 unspecified atom stereocenters. The lowest BCUT2D eigenvalue weighted by atomic mass is 10.0. The van der Waals surface area contributed by atoms with Crippen molar-refractivity contribution in [1.29, 1.82) is 0 Å². The summed E-state index contributed by atoms with van der Waals surface area (Å²) in [5.41, 5.74) is 0.113. The zero-order valence-electron chi connectivity index (χ0n) is 7.79. The summed E-state index contributed by atoms with van der Waals surface area (Å²) in [6.45, 7) is 3.34. The first-order valence-corrected chi connectivity index (χ1v) is 4.12. The lowest BCUT2D eigenvalue weighted by molar-refractivity contribution is -0.385. The van der Waals surface area contributed by atoms with Gasteiger partial charge in [0.25, 0.3) is 5.69 Å². The van der Waals surface area contributed by atoms with E-state index < -0.39 is 11.0 Å². The second-order valence-electron chi connectivity index (χ2n) is 2.95. The van der Waals surface area contributed by atoms with E-state index >= 15 is 0 Å². The molecule has 15 heavy (non-hydrogen) atoms. The molecule has 0 amide bonds. The first kappa shape index (κ1) is 11.1. The lowest BCUT2D eigenvalue weighted by Gasteiger charge is -2.08. The van der Waals surface area contributed by atoms with Crippen LogP contribution >= 0.6 is 0 Å². The van der Waals surface area contributed by atoms with Gasteiger partial charge < -0.3 is 5.11 Å². The van der Waals surface area contributed by atoms with Gasteiger partial charge in [-0.15, -0.1) is 0 Å². The molecule has 1 rings (SSSR count). The Balaban J connectivity index is 3.05. The highest BCUT2D eigenvalue weighted by Gasteiger charge is 2.14. The van der Waals surface area contributed by atoms with Crippen LogP contribution in [-0.2, 0) is 4.79 Å². The van der Waals surface area contributed by atoms with Crippen molar-refractivity contribution in [2.75, 3.05) is 0 Å². The Morgan fingerprint density at radius 2 is 2.27 bits per heavy atom. The van der Waals surface area contributed by atoms with Gasteiger partial charge in [0, 0.05) is 17.7 Å². The number of nitro benzene ring substituents is 1. The van der Waals surface area contributed by atoms with Crippen molar-refractivity contribution < 1.29 is 14.8 Å². The number of benzene rings is 1. The molecule has 0 aliphatic heterocycles. The number of aliphatic hydroxyl groups is 1. The molecular weight excluding hydrogens is 198 g/mol. The fraction of sp³-hybridized carbons (Fsp3) is 0.100. The summed E-state index contributed by atoms with van der Waals surface area (Å²) in [6.07, 6.45) is -0.772. The maximum absolute atomic E-state index is 10.4. The summed E-state index contributed by atoms with van der Waals surface area (Å²) in [4.78, 5) is 20.2. The van der Waals surface area contributed by atoms with Crippen LogP contribution in [0.2, 0.25) is 0 Å². The number of carbonyl (C=O) groups is 1. The summed E-state index contributed by atoms with van der Waals surface area (Å²) in [6, 6.07) is 5.44. The molecule has 0 aliphatic rings. The van der Waals surface area contributed by atoms with E-state index in [1.807, 2.05) is 0 Å². The topological polar surface area (TPSA) is 80.4 Å². The van der Waals surface area contributed by atoms with Crippen molar-refractivity contribution in [3.8, 4) is 0 Å². The maximum Gasteiger partial charge on any atom is 0.269 e. The molecule has 0 saturated carbocycles. The van der Waals surface area contributed by atoms with E-state index in [1.165, 1.54) is 24.3 Å². The van der Waals surface area contributed by atoms with E-state index in [0.717, 1.165) is 0 Å². The first-order valence-electron chi connectivity index (χ1n) is 4.12. The third-order valence-electron chi connectivity index (χ3n) is 1.90. The number of rotatable bonds is 4.